The van der Waals surface area contributed by atoms with Crippen LogP contribution in [0.4, 0.5) is 5.69 Å². The summed E-state index contributed by atoms with van der Waals surface area (Å²) in [6.45, 7) is 0. The van der Waals surface area contributed by atoms with Crippen LogP contribution >= 0.6 is 0 Å². The minimum atomic E-state index is -3.66. The molecule has 6 heteroatoms. The largest absolute Gasteiger partial charge is 0.309 e. The van der Waals surface area contributed by atoms with E-state index < -0.39 is 10.0 Å². The topological polar surface area (TPSA) is 63.5 Å². The molecule has 2 aromatic heterocycles. The number of aromatic nitrogens is 2. The molecule has 2 heterocycles. The van der Waals surface area contributed by atoms with Crippen molar-refractivity contribution in [3.05, 3.63) is 60.9 Å². The van der Waals surface area contributed by atoms with Crippen LogP contribution in [0, 0.1) is 0 Å². The highest BCUT2D eigenvalue weighted by atomic mass is 32.2. The Balaban J connectivity index is 1.99. The number of hydrogen-bond acceptors (Lipinski definition) is 3. The van der Waals surface area contributed by atoms with Gasteiger partial charge >= 0.3 is 0 Å². The van der Waals surface area contributed by atoms with Gasteiger partial charge in [0.15, 0.2) is 5.03 Å². The molecule has 0 saturated carbocycles. The van der Waals surface area contributed by atoms with Crippen molar-refractivity contribution in [2.24, 2.45) is 0 Å². The normalized spacial score (nSPS) is 11.6. The molecule has 96 valence electrons. The van der Waals surface area contributed by atoms with Crippen molar-refractivity contribution in [3.63, 3.8) is 0 Å². The molecule has 0 spiro atoms. The van der Waals surface area contributed by atoms with Crippen LogP contribution in [0.1, 0.15) is 0 Å². The molecule has 3 rings (SSSR count). The van der Waals surface area contributed by atoms with E-state index in [9.17, 15) is 8.42 Å². The highest BCUT2D eigenvalue weighted by molar-refractivity contribution is 7.92. The van der Waals surface area contributed by atoms with Gasteiger partial charge in [0.05, 0.1) is 0 Å². The molecule has 0 radical (unpaired) electrons. The number of sulfonamides is 1. The summed E-state index contributed by atoms with van der Waals surface area (Å²) in [5.41, 5.74) is 1.11. The third kappa shape index (κ3) is 2.30. The van der Waals surface area contributed by atoms with Gasteiger partial charge in [-0.05, 0) is 30.3 Å². The first kappa shape index (κ1) is 11.7. The van der Waals surface area contributed by atoms with E-state index in [2.05, 4.69) is 9.71 Å². The van der Waals surface area contributed by atoms with Crippen molar-refractivity contribution in [2.75, 3.05) is 4.72 Å². The lowest BCUT2D eigenvalue weighted by Crippen LogP contribution is -2.14. The lowest BCUT2D eigenvalue weighted by Gasteiger charge is -2.07. The molecular weight excluding hydrogens is 262 g/mol. The standard InChI is InChI=1S/C13H11N3O2S/c17-19(18,15-11-5-2-1-3-6-11)13-8-10-16-9-4-7-12(16)14-13/h1-10,15H. The molecule has 1 N–H and O–H groups in total. The minimum Gasteiger partial charge on any atom is -0.309 e. The van der Waals surface area contributed by atoms with Crippen molar-refractivity contribution in [3.8, 4) is 0 Å². The summed E-state index contributed by atoms with van der Waals surface area (Å²) in [4.78, 5) is 4.12. The van der Waals surface area contributed by atoms with Gasteiger partial charge in [-0.25, -0.2) is 4.98 Å². The van der Waals surface area contributed by atoms with Crippen LogP contribution < -0.4 is 4.72 Å². The molecule has 0 unspecified atom stereocenters. The third-order valence-electron chi connectivity index (χ3n) is 2.66. The number of rotatable bonds is 3. The average molecular weight is 273 g/mol. The van der Waals surface area contributed by atoms with E-state index in [-0.39, 0.29) is 5.03 Å². The van der Waals surface area contributed by atoms with Crippen molar-refractivity contribution in [2.45, 2.75) is 5.03 Å². The number of para-hydroxylation sites is 1. The van der Waals surface area contributed by atoms with E-state index in [1.165, 1.54) is 6.07 Å². The van der Waals surface area contributed by atoms with E-state index in [1.54, 1.807) is 40.9 Å². The quantitative estimate of drug-likeness (QED) is 0.744. The summed E-state index contributed by atoms with van der Waals surface area (Å²) in [5.74, 6) is 0. The molecule has 0 aliphatic carbocycles. The van der Waals surface area contributed by atoms with Crippen LogP contribution in [-0.4, -0.2) is 17.8 Å². The Morgan fingerprint density at radius 3 is 2.53 bits per heavy atom. The van der Waals surface area contributed by atoms with Crippen LogP contribution in [0.3, 0.4) is 0 Å². The molecule has 5 nitrogen and oxygen atoms in total. The Morgan fingerprint density at radius 1 is 0.947 bits per heavy atom. The lowest BCUT2D eigenvalue weighted by atomic mass is 10.3. The van der Waals surface area contributed by atoms with Gasteiger partial charge in [-0.15, -0.1) is 0 Å². The molecule has 1 aromatic carbocycles. The number of fused-ring (bicyclic) bond motifs is 1. The molecule has 0 bridgehead atoms. The molecule has 3 aromatic rings. The van der Waals surface area contributed by atoms with E-state index in [4.69, 9.17) is 0 Å². The molecule has 0 aliphatic rings. The first-order valence-corrected chi connectivity index (χ1v) is 7.15. The Morgan fingerprint density at radius 2 is 1.74 bits per heavy atom. The highest BCUT2D eigenvalue weighted by Crippen LogP contribution is 2.14. The summed E-state index contributed by atoms with van der Waals surface area (Å²) in [5, 5.41) is 0.00236. The molecule has 0 fully saturated rings. The van der Waals surface area contributed by atoms with Gasteiger partial charge in [-0.3, -0.25) is 4.72 Å². The summed E-state index contributed by atoms with van der Waals surface area (Å²) in [6.07, 6.45) is 3.48. The fourth-order valence-electron chi connectivity index (χ4n) is 1.76. The maximum absolute atomic E-state index is 12.2. The van der Waals surface area contributed by atoms with Gasteiger partial charge in [0, 0.05) is 18.1 Å². The van der Waals surface area contributed by atoms with Crippen LogP contribution in [0.25, 0.3) is 5.65 Å². The van der Waals surface area contributed by atoms with Gasteiger partial charge in [-0.1, -0.05) is 18.2 Å². The van der Waals surface area contributed by atoms with Gasteiger partial charge in [-0.2, -0.15) is 8.42 Å². The molecule has 19 heavy (non-hydrogen) atoms. The summed E-state index contributed by atoms with van der Waals surface area (Å²) < 4.78 is 28.6. The Kier molecular flexibility index (Phi) is 2.72. The molecule has 0 saturated heterocycles. The van der Waals surface area contributed by atoms with Gasteiger partial charge in [0.1, 0.15) is 5.65 Å². The fraction of sp³-hybridized carbons (Fsp3) is 0. The van der Waals surface area contributed by atoms with E-state index in [0.29, 0.717) is 11.3 Å². The number of anilines is 1. The second-order valence-corrected chi connectivity index (χ2v) is 5.64. The van der Waals surface area contributed by atoms with Gasteiger partial charge in [0.25, 0.3) is 10.0 Å². The molecule has 0 atom stereocenters. The second-order valence-electron chi connectivity index (χ2n) is 4.01. The minimum absolute atomic E-state index is 0.00236. The van der Waals surface area contributed by atoms with Crippen LogP contribution in [0.15, 0.2) is 66.0 Å². The van der Waals surface area contributed by atoms with Crippen molar-refractivity contribution in [1.82, 2.24) is 9.38 Å². The zero-order valence-electron chi connectivity index (χ0n) is 9.89. The number of nitrogens with zero attached hydrogens (tertiary/aromatic N) is 2. The van der Waals surface area contributed by atoms with Crippen molar-refractivity contribution < 1.29 is 8.42 Å². The monoisotopic (exact) mass is 273 g/mol. The van der Waals surface area contributed by atoms with E-state index in [1.807, 2.05) is 18.3 Å². The number of hydrogen-bond donors (Lipinski definition) is 1. The first-order valence-electron chi connectivity index (χ1n) is 5.67. The Bertz CT molecular complexity index is 810. The lowest BCUT2D eigenvalue weighted by molar-refractivity contribution is 0.597. The third-order valence-corrected chi connectivity index (χ3v) is 3.94. The predicted octanol–water partition coefficient (Wildman–Crippen LogP) is 2.14. The van der Waals surface area contributed by atoms with Gasteiger partial charge in [0.2, 0.25) is 0 Å². The number of benzene rings is 1. The summed E-state index contributed by atoms with van der Waals surface area (Å²) >= 11 is 0. The summed E-state index contributed by atoms with van der Waals surface area (Å²) in [6, 6.07) is 13.8. The predicted molar refractivity (Wildman–Crippen MR) is 72.4 cm³/mol. The fourth-order valence-corrected chi connectivity index (χ4v) is 2.77. The average Bonchev–Trinajstić information content (AvgIpc) is 2.86. The second kappa shape index (κ2) is 4.40. The molecule has 0 amide bonds. The van der Waals surface area contributed by atoms with Crippen LogP contribution in [0.2, 0.25) is 0 Å². The van der Waals surface area contributed by atoms with Crippen molar-refractivity contribution >= 4 is 21.4 Å². The van der Waals surface area contributed by atoms with Crippen LogP contribution in [-0.2, 0) is 10.0 Å². The zero-order valence-corrected chi connectivity index (χ0v) is 10.7. The first-order chi connectivity index (χ1) is 9.15. The van der Waals surface area contributed by atoms with Crippen LogP contribution in [0.5, 0.6) is 0 Å². The van der Waals surface area contributed by atoms with Gasteiger partial charge < -0.3 is 4.40 Å². The Labute approximate surface area is 110 Å². The summed E-state index contributed by atoms with van der Waals surface area (Å²) in [7, 11) is -3.66. The smallest absolute Gasteiger partial charge is 0.279 e. The maximum Gasteiger partial charge on any atom is 0.279 e. The molecule has 0 aliphatic heterocycles. The van der Waals surface area contributed by atoms with E-state index >= 15 is 0 Å². The van der Waals surface area contributed by atoms with Crippen molar-refractivity contribution in [1.29, 1.82) is 0 Å². The SMILES string of the molecule is O=S(=O)(Nc1ccccc1)c1ccn2cccc2n1. The van der Waals surface area contributed by atoms with E-state index in [0.717, 1.165) is 0 Å². The highest BCUT2D eigenvalue weighted by Gasteiger charge is 2.16. The zero-order chi connectivity index (χ0) is 13.3. The molecular formula is C13H11N3O2S. The maximum atomic E-state index is 12.2. The Hall–Kier alpha value is -2.34. The number of nitrogens with one attached hydrogen (secondary N) is 1.